The molecular weight excluding hydrogens is 444 g/mol. The van der Waals surface area contributed by atoms with Crippen molar-refractivity contribution < 1.29 is 20.1 Å². The Bertz CT molecular complexity index is 753. The molecule has 0 bridgehead atoms. The van der Waals surface area contributed by atoms with Gasteiger partial charge in [-0.15, -0.1) is 0 Å². The molecule has 0 aromatic carbocycles. The molecule has 2 aromatic heterocycles. The lowest BCUT2D eigenvalue weighted by atomic mass is 9.95. The van der Waals surface area contributed by atoms with Gasteiger partial charge in [-0.3, -0.25) is 0 Å². The number of aromatic nitrogens is 4. The van der Waals surface area contributed by atoms with E-state index in [0.717, 1.165) is 75.3 Å². The molecule has 0 atom stereocenters. The molecule has 2 aliphatic rings. The first-order valence-electron chi connectivity index (χ1n) is 11.9. The Morgan fingerprint density at radius 3 is 1.45 bits per heavy atom. The molecule has 0 aliphatic heterocycles. The first-order valence-corrected chi connectivity index (χ1v) is 12.3. The van der Waals surface area contributed by atoms with E-state index in [0.29, 0.717) is 11.3 Å². The summed E-state index contributed by atoms with van der Waals surface area (Å²) in [5.74, 6) is 0. The number of aliphatic hydroxyl groups excluding tert-OH is 3. The smallest absolute Gasteiger partial charge is 0.316 e. The minimum atomic E-state index is -0.150. The molecule has 33 heavy (non-hydrogen) atoms. The van der Waals surface area contributed by atoms with Crippen LogP contribution in [0.3, 0.4) is 0 Å². The van der Waals surface area contributed by atoms with E-state index in [9.17, 15) is 5.11 Å². The van der Waals surface area contributed by atoms with Crippen LogP contribution in [0.2, 0.25) is 5.28 Å². The van der Waals surface area contributed by atoms with E-state index < -0.39 is 0 Å². The van der Waals surface area contributed by atoms with Gasteiger partial charge in [-0.1, -0.05) is 13.8 Å². The van der Waals surface area contributed by atoms with Crippen LogP contribution in [0.1, 0.15) is 76.3 Å². The Balaban J connectivity index is 0.000000192. The molecule has 2 aliphatic carbocycles. The molecule has 4 rings (SSSR count). The summed E-state index contributed by atoms with van der Waals surface area (Å²) in [4.78, 5) is 15.9. The van der Waals surface area contributed by atoms with Crippen molar-refractivity contribution in [2.75, 3.05) is 0 Å². The summed E-state index contributed by atoms with van der Waals surface area (Å²) in [6, 6.07) is 0.457. The van der Waals surface area contributed by atoms with Crippen molar-refractivity contribution in [3.63, 3.8) is 0 Å². The van der Waals surface area contributed by atoms with Crippen LogP contribution in [0.25, 0.3) is 0 Å². The van der Waals surface area contributed by atoms with Crippen molar-refractivity contribution in [2.24, 2.45) is 0 Å². The van der Waals surface area contributed by atoms with Crippen LogP contribution in [0, 0.1) is 0 Å². The standard InChI is InChI=1S/C12H18N2O2.C6H7ClN2.C6H12O2/c1-2-9-7-13-12(14-8-9)16-11-5-3-10(15)4-6-11;1-2-5-3-8-6(7)9-4-5;7-5-1-2-6(8)4-3-5/h7-8,10-11,15H,2-6H2,1H3;3-4H,2H2,1H3;5-8H,1-4H2. The Morgan fingerprint density at radius 2 is 1.06 bits per heavy atom. The van der Waals surface area contributed by atoms with E-state index in [1.807, 2.05) is 6.92 Å². The minimum absolute atomic E-state index is 0.140. The first kappa shape index (κ1) is 27.4. The Morgan fingerprint density at radius 1 is 0.697 bits per heavy atom. The summed E-state index contributed by atoms with van der Waals surface area (Å²) >= 11 is 5.45. The summed E-state index contributed by atoms with van der Waals surface area (Å²) < 4.78 is 5.67. The minimum Gasteiger partial charge on any atom is -0.460 e. The highest BCUT2D eigenvalue weighted by molar-refractivity contribution is 6.28. The van der Waals surface area contributed by atoms with Crippen LogP contribution in [0.5, 0.6) is 6.01 Å². The lowest BCUT2D eigenvalue weighted by Gasteiger charge is -2.25. The second kappa shape index (κ2) is 15.1. The quantitative estimate of drug-likeness (QED) is 0.566. The van der Waals surface area contributed by atoms with E-state index in [2.05, 4.69) is 26.9 Å². The molecule has 0 unspecified atom stereocenters. The molecule has 2 heterocycles. The zero-order chi connectivity index (χ0) is 24.1. The van der Waals surface area contributed by atoms with E-state index in [1.54, 1.807) is 24.8 Å². The van der Waals surface area contributed by atoms with Crippen molar-refractivity contribution in [3.05, 3.63) is 41.2 Å². The first-order chi connectivity index (χ1) is 15.9. The molecule has 3 N–H and O–H groups in total. The van der Waals surface area contributed by atoms with Gasteiger partial charge in [0.15, 0.2) is 0 Å². The highest BCUT2D eigenvalue weighted by atomic mass is 35.5. The van der Waals surface area contributed by atoms with Crippen molar-refractivity contribution in [3.8, 4) is 6.01 Å². The highest BCUT2D eigenvalue weighted by Gasteiger charge is 2.21. The number of halogens is 1. The molecule has 2 saturated carbocycles. The Hall–Kier alpha value is -1.87. The molecular formula is C24H37ClN4O4. The number of aliphatic hydroxyl groups is 3. The van der Waals surface area contributed by atoms with Crippen molar-refractivity contribution in [1.82, 2.24) is 19.9 Å². The van der Waals surface area contributed by atoms with E-state index in [4.69, 9.17) is 26.6 Å². The number of rotatable bonds is 4. The van der Waals surface area contributed by atoms with Crippen LogP contribution >= 0.6 is 11.6 Å². The van der Waals surface area contributed by atoms with Gasteiger partial charge >= 0.3 is 6.01 Å². The maximum absolute atomic E-state index is 9.37. The Labute approximate surface area is 201 Å². The fraction of sp³-hybridized carbons (Fsp3) is 0.667. The van der Waals surface area contributed by atoms with Crippen molar-refractivity contribution in [2.45, 2.75) is 102 Å². The van der Waals surface area contributed by atoms with Gasteiger partial charge in [-0.2, -0.15) is 0 Å². The van der Waals surface area contributed by atoms with Crippen LogP contribution in [-0.4, -0.2) is 59.7 Å². The number of hydrogen-bond acceptors (Lipinski definition) is 8. The molecule has 0 radical (unpaired) electrons. The number of hydrogen-bond donors (Lipinski definition) is 3. The summed E-state index contributed by atoms with van der Waals surface area (Å²) in [7, 11) is 0. The Kier molecular flexibility index (Phi) is 12.5. The summed E-state index contributed by atoms with van der Waals surface area (Å²) in [6.45, 7) is 4.12. The van der Waals surface area contributed by atoms with Gasteiger partial charge in [0.1, 0.15) is 6.10 Å². The predicted octanol–water partition coefficient (Wildman–Crippen LogP) is 3.70. The molecule has 0 amide bonds. The van der Waals surface area contributed by atoms with Gasteiger partial charge in [0.05, 0.1) is 18.3 Å². The second-order valence-electron chi connectivity index (χ2n) is 8.45. The fourth-order valence-electron chi connectivity index (χ4n) is 3.48. The lowest BCUT2D eigenvalue weighted by molar-refractivity contribution is 0.0541. The zero-order valence-corrected chi connectivity index (χ0v) is 20.4. The second-order valence-corrected chi connectivity index (χ2v) is 8.79. The summed E-state index contributed by atoms with van der Waals surface area (Å²) in [6.07, 6.45) is 15.2. The largest absolute Gasteiger partial charge is 0.460 e. The molecule has 0 saturated heterocycles. The number of nitrogens with zero attached hydrogens (tertiary/aromatic N) is 4. The number of aryl methyl sites for hydroxylation is 2. The van der Waals surface area contributed by atoms with Gasteiger partial charge in [0.2, 0.25) is 5.28 Å². The maximum Gasteiger partial charge on any atom is 0.316 e. The van der Waals surface area contributed by atoms with Crippen LogP contribution in [0.15, 0.2) is 24.8 Å². The van der Waals surface area contributed by atoms with Crippen LogP contribution < -0.4 is 4.74 Å². The van der Waals surface area contributed by atoms with Gasteiger partial charge in [0.25, 0.3) is 0 Å². The third-order valence-corrected chi connectivity index (χ3v) is 5.95. The molecule has 0 spiro atoms. The summed E-state index contributed by atoms with van der Waals surface area (Å²) in [5, 5.41) is 27.5. The lowest BCUT2D eigenvalue weighted by Crippen LogP contribution is -2.27. The molecule has 2 fully saturated rings. The molecule has 184 valence electrons. The van der Waals surface area contributed by atoms with Crippen molar-refractivity contribution >= 4 is 11.6 Å². The average Bonchev–Trinajstić information content (AvgIpc) is 2.84. The number of ether oxygens (including phenoxy) is 1. The third kappa shape index (κ3) is 11.2. The van der Waals surface area contributed by atoms with Gasteiger partial charge in [0, 0.05) is 24.8 Å². The zero-order valence-electron chi connectivity index (χ0n) is 19.6. The monoisotopic (exact) mass is 480 g/mol. The van der Waals surface area contributed by atoms with Gasteiger partial charge in [-0.05, 0) is 86.9 Å². The predicted molar refractivity (Wildman–Crippen MR) is 127 cm³/mol. The van der Waals surface area contributed by atoms with Gasteiger partial charge < -0.3 is 20.1 Å². The molecule has 2 aromatic rings. The molecule has 9 heteroatoms. The van der Waals surface area contributed by atoms with Crippen LogP contribution in [0.4, 0.5) is 0 Å². The van der Waals surface area contributed by atoms with E-state index in [1.165, 1.54) is 0 Å². The van der Waals surface area contributed by atoms with Gasteiger partial charge in [-0.25, -0.2) is 19.9 Å². The SMILES string of the molecule is CCc1cnc(Cl)nc1.CCc1cnc(OC2CCC(O)CC2)nc1.OC1CCC(O)CC1. The van der Waals surface area contributed by atoms with E-state index >= 15 is 0 Å². The normalized spacial score (nSPS) is 24.5. The third-order valence-electron chi connectivity index (χ3n) is 5.75. The fourth-order valence-corrected chi connectivity index (χ4v) is 3.58. The van der Waals surface area contributed by atoms with Crippen molar-refractivity contribution in [1.29, 1.82) is 0 Å². The van der Waals surface area contributed by atoms with E-state index in [-0.39, 0.29) is 24.4 Å². The molecule has 8 nitrogen and oxygen atoms in total. The maximum atomic E-state index is 9.37. The highest BCUT2D eigenvalue weighted by Crippen LogP contribution is 2.22. The average molecular weight is 481 g/mol. The summed E-state index contributed by atoms with van der Waals surface area (Å²) in [5.41, 5.74) is 2.23. The topological polar surface area (TPSA) is 121 Å². The van der Waals surface area contributed by atoms with Crippen LogP contribution in [-0.2, 0) is 12.8 Å².